The van der Waals surface area contributed by atoms with Gasteiger partial charge in [-0.2, -0.15) is 0 Å². The Bertz CT molecular complexity index is 1300. The molecule has 0 radical (unpaired) electrons. The maximum absolute atomic E-state index is 14.2. The Kier molecular flexibility index (Phi) is 11.1. The van der Waals surface area contributed by atoms with Gasteiger partial charge in [-0.05, 0) is 60.6 Å². The lowest BCUT2D eigenvalue weighted by molar-refractivity contribution is -0.131. The highest BCUT2D eigenvalue weighted by Crippen LogP contribution is 2.44. The van der Waals surface area contributed by atoms with Crippen molar-refractivity contribution in [1.82, 2.24) is 15.5 Å². The molecule has 2 aliphatic rings. The lowest BCUT2D eigenvalue weighted by Gasteiger charge is -2.45. The second kappa shape index (κ2) is 14.6. The van der Waals surface area contributed by atoms with Gasteiger partial charge in [-0.1, -0.05) is 93.4 Å². The van der Waals surface area contributed by atoms with Crippen LogP contribution in [0.4, 0.5) is 4.79 Å². The average Bonchev–Trinajstić information content (AvgIpc) is 3.39. The zero-order valence-corrected chi connectivity index (χ0v) is 26.2. The fraction of sp³-hybridized carbons (Fsp3) is 0.515. The van der Waals surface area contributed by atoms with E-state index in [0.29, 0.717) is 41.3 Å². The second-order valence-corrected chi connectivity index (χ2v) is 13.3. The molecule has 4 atom stereocenters. The third-order valence-corrected chi connectivity index (χ3v) is 9.54. The molecule has 1 aliphatic heterocycles. The summed E-state index contributed by atoms with van der Waals surface area (Å²) in [6.07, 6.45) is 5.42. The Morgan fingerprint density at radius 1 is 1.05 bits per heavy atom. The molecular formula is C33H41Cl2N3O5. The molecule has 8 nitrogen and oxygen atoms in total. The van der Waals surface area contributed by atoms with Gasteiger partial charge < -0.3 is 20.5 Å². The highest BCUT2D eigenvalue weighted by molar-refractivity contribution is 6.30. The van der Waals surface area contributed by atoms with E-state index >= 15 is 0 Å². The van der Waals surface area contributed by atoms with E-state index in [-0.39, 0.29) is 24.2 Å². The van der Waals surface area contributed by atoms with Gasteiger partial charge in [0.15, 0.2) is 0 Å². The minimum Gasteiger partial charge on any atom is -0.465 e. The first-order valence-electron chi connectivity index (χ1n) is 15.1. The minimum atomic E-state index is -1.25. The Hall–Kier alpha value is -3.10. The first kappa shape index (κ1) is 32.8. The fourth-order valence-electron chi connectivity index (χ4n) is 6.73. The zero-order chi connectivity index (χ0) is 31.1. The quantitative estimate of drug-likeness (QED) is 0.231. The molecule has 43 heavy (non-hydrogen) atoms. The van der Waals surface area contributed by atoms with Gasteiger partial charge in [-0.3, -0.25) is 14.5 Å². The van der Waals surface area contributed by atoms with Crippen molar-refractivity contribution in [3.63, 3.8) is 0 Å². The standard InChI is InChI=1S/C33H41Cl2N3O5/c1-33(2,24-9-6-10-26(35)19-24)29(22-11-13-25(34)14-12-22)38(32(42)43)28(17-21-7-4-3-5-8-21)31(41)37-27(20-39)18-23-15-16-36-30(23)40/h6,9-14,19-21,23,27-29H,3-5,7-8,15-18H2,1-2H3,(H,36,40)(H,37,41)(H,42,43)/t23-,27-,28-,29?/m0/s1. The first-order valence-corrected chi connectivity index (χ1v) is 15.8. The summed E-state index contributed by atoms with van der Waals surface area (Å²) < 4.78 is 0. The van der Waals surface area contributed by atoms with Gasteiger partial charge in [0.1, 0.15) is 12.3 Å². The van der Waals surface area contributed by atoms with Crippen LogP contribution < -0.4 is 10.6 Å². The number of nitrogens with zero attached hydrogens (tertiary/aromatic N) is 1. The monoisotopic (exact) mass is 629 g/mol. The Morgan fingerprint density at radius 2 is 1.74 bits per heavy atom. The van der Waals surface area contributed by atoms with Crippen LogP contribution in [0.25, 0.3) is 0 Å². The number of hydrogen-bond donors (Lipinski definition) is 3. The normalized spacial score (nSPS) is 19.6. The van der Waals surface area contributed by atoms with E-state index in [0.717, 1.165) is 37.7 Å². The number of carbonyl (C=O) groups is 4. The lowest BCUT2D eigenvalue weighted by Crippen LogP contribution is -2.56. The van der Waals surface area contributed by atoms with Crippen molar-refractivity contribution in [2.45, 2.75) is 88.8 Å². The van der Waals surface area contributed by atoms with Crippen LogP contribution in [0.2, 0.25) is 10.0 Å². The van der Waals surface area contributed by atoms with Gasteiger partial charge in [-0.25, -0.2) is 4.79 Å². The number of hydrogen-bond acceptors (Lipinski definition) is 4. The molecule has 1 heterocycles. The summed E-state index contributed by atoms with van der Waals surface area (Å²) in [5.41, 5.74) is 0.641. The number of carbonyl (C=O) groups excluding carboxylic acids is 3. The van der Waals surface area contributed by atoms with Crippen LogP contribution in [0.5, 0.6) is 0 Å². The van der Waals surface area contributed by atoms with Gasteiger partial charge in [0.2, 0.25) is 11.8 Å². The molecule has 2 fully saturated rings. The molecule has 10 heteroatoms. The van der Waals surface area contributed by atoms with Crippen LogP contribution in [0.3, 0.4) is 0 Å². The van der Waals surface area contributed by atoms with Crippen LogP contribution in [0.15, 0.2) is 48.5 Å². The highest BCUT2D eigenvalue weighted by Gasteiger charge is 2.45. The molecule has 1 aliphatic carbocycles. The molecule has 232 valence electrons. The first-order chi connectivity index (χ1) is 20.5. The summed E-state index contributed by atoms with van der Waals surface area (Å²) >= 11 is 12.6. The van der Waals surface area contributed by atoms with Crippen LogP contribution in [-0.2, 0) is 19.8 Å². The maximum Gasteiger partial charge on any atom is 0.408 e. The number of aldehydes is 1. The Morgan fingerprint density at radius 3 is 2.33 bits per heavy atom. The molecule has 3 amide bonds. The molecule has 1 saturated heterocycles. The van der Waals surface area contributed by atoms with Crippen LogP contribution in [0, 0.1) is 11.8 Å². The summed E-state index contributed by atoms with van der Waals surface area (Å²) in [4.78, 5) is 53.1. The number of halogens is 2. The van der Waals surface area contributed by atoms with Crippen molar-refractivity contribution in [3.05, 3.63) is 69.7 Å². The van der Waals surface area contributed by atoms with Crippen molar-refractivity contribution in [2.24, 2.45) is 11.8 Å². The van der Waals surface area contributed by atoms with E-state index < -0.39 is 35.5 Å². The van der Waals surface area contributed by atoms with Crippen molar-refractivity contribution in [1.29, 1.82) is 0 Å². The molecule has 3 N–H and O–H groups in total. The molecule has 0 aromatic heterocycles. The number of carboxylic acid groups (broad SMARTS) is 1. The summed E-state index contributed by atoms with van der Waals surface area (Å²) in [6.45, 7) is 4.41. The SMILES string of the molecule is CC(C)(c1cccc(Cl)c1)C(c1ccc(Cl)cc1)N(C(=O)O)[C@@H](CC1CCCCC1)C(=O)N[C@H](C=O)C[C@@H]1CCNC1=O. The van der Waals surface area contributed by atoms with Gasteiger partial charge in [0, 0.05) is 27.9 Å². The summed E-state index contributed by atoms with van der Waals surface area (Å²) in [5.74, 6) is -0.907. The maximum atomic E-state index is 14.2. The number of amides is 3. The van der Waals surface area contributed by atoms with E-state index in [4.69, 9.17) is 23.2 Å². The third-order valence-electron chi connectivity index (χ3n) is 9.05. The summed E-state index contributed by atoms with van der Waals surface area (Å²) in [5, 5.41) is 17.5. The average molecular weight is 631 g/mol. The highest BCUT2D eigenvalue weighted by atomic mass is 35.5. The van der Waals surface area contributed by atoms with Crippen molar-refractivity contribution >= 4 is 47.4 Å². The molecule has 0 bridgehead atoms. The number of rotatable bonds is 12. The Labute approximate surface area is 263 Å². The zero-order valence-electron chi connectivity index (χ0n) is 24.7. The van der Waals surface area contributed by atoms with Crippen LogP contribution in [-0.4, -0.2) is 52.8 Å². The Balaban J connectivity index is 1.77. The molecule has 2 aromatic carbocycles. The minimum absolute atomic E-state index is 0.141. The number of nitrogens with one attached hydrogen (secondary N) is 2. The second-order valence-electron chi connectivity index (χ2n) is 12.4. The van der Waals surface area contributed by atoms with Gasteiger partial charge in [-0.15, -0.1) is 0 Å². The fourth-order valence-corrected chi connectivity index (χ4v) is 7.05. The van der Waals surface area contributed by atoms with E-state index in [1.165, 1.54) is 4.90 Å². The summed E-state index contributed by atoms with van der Waals surface area (Å²) in [6, 6.07) is 11.5. The van der Waals surface area contributed by atoms with Crippen molar-refractivity contribution in [3.8, 4) is 0 Å². The molecule has 2 aromatic rings. The third kappa shape index (κ3) is 8.09. The van der Waals surface area contributed by atoms with Gasteiger partial charge in [0.05, 0.1) is 12.1 Å². The van der Waals surface area contributed by atoms with E-state index in [9.17, 15) is 24.3 Å². The van der Waals surface area contributed by atoms with Crippen molar-refractivity contribution < 1.29 is 24.3 Å². The number of benzene rings is 2. The molecule has 4 rings (SSSR count). The molecule has 0 spiro atoms. The van der Waals surface area contributed by atoms with Gasteiger partial charge in [0.25, 0.3) is 0 Å². The largest absolute Gasteiger partial charge is 0.465 e. The van der Waals surface area contributed by atoms with Crippen LogP contribution in [0.1, 0.15) is 82.4 Å². The smallest absolute Gasteiger partial charge is 0.408 e. The van der Waals surface area contributed by atoms with Crippen LogP contribution >= 0.6 is 23.2 Å². The topological polar surface area (TPSA) is 116 Å². The predicted octanol–water partition coefficient (Wildman–Crippen LogP) is 6.54. The lowest BCUT2D eigenvalue weighted by atomic mass is 9.73. The van der Waals surface area contributed by atoms with E-state index in [1.807, 2.05) is 32.0 Å². The van der Waals surface area contributed by atoms with Crippen molar-refractivity contribution in [2.75, 3.05) is 6.54 Å². The molecule has 1 saturated carbocycles. The van der Waals surface area contributed by atoms with E-state index in [1.54, 1.807) is 30.3 Å². The molecule has 1 unspecified atom stereocenters. The van der Waals surface area contributed by atoms with Gasteiger partial charge >= 0.3 is 6.09 Å². The van der Waals surface area contributed by atoms with E-state index in [2.05, 4.69) is 10.6 Å². The predicted molar refractivity (Wildman–Crippen MR) is 167 cm³/mol. The summed E-state index contributed by atoms with van der Waals surface area (Å²) in [7, 11) is 0. The molecular weight excluding hydrogens is 589 g/mol.